The molecule has 2 aliphatic rings. The summed E-state index contributed by atoms with van der Waals surface area (Å²) in [5.74, 6) is 1.69. The number of aryl methyl sites for hydroxylation is 1. The molecule has 0 atom stereocenters. The first-order valence-corrected chi connectivity index (χ1v) is 8.60. The maximum atomic E-state index is 12.5. The lowest BCUT2D eigenvalue weighted by atomic mass is 9.96. The topological polar surface area (TPSA) is 84.2 Å². The maximum Gasteiger partial charge on any atom is 0.273 e. The second-order valence-corrected chi connectivity index (χ2v) is 6.44. The minimum absolute atomic E-state index is 0.0974. The molecule has 1 fully saturated rings. The summed E-state index contributed by atoms with van der Waals surface area (Å²) in [6.07, 6.45) is 10.9. The molecule has 1 aliphatic heterocycles. The van der Waals surface area contributed by atoms with Crippen LogP contribution in [0.4, 0.5) is 5.82 Å². The minimum Gasteiger partial charge on any atom is -0.360 e. The zero-order valence-electron chi connectivity index (χ0n) is 13.6. The number of hydrogen-bond donors (Lipinski definition) is 1. The van der Waals surface area contributed by atoms with E-state index < -0.39 is 0 Å². The van der Waals surface area contributed by atoms with Gasteiger partial charge in [0.25, 0.3) is 5.91 Å². The SMILES string of the molecule is O=C(NC1CCN(c2cnccn2)CC1)c1noc2c1CCCC2. The maximum absolute atomic E-state index is 12.5. The Morgan fingerprint density at radius 1 is 1.21 bits per heavy atom. The van der Waals surface area contributed by atoms with E-state index in [1.165, 1.54) is 0 Å². The van der Waals surface area contributed by atoms with Crippen LogP contribution >= 0.6 is 0 Å². The van der Waals surface area contributed by atoms with Crippen LogP contribution in [0.1, 0.15) is 47.5 Å². The molecular formula is C17H21N5O2. The van der Waals surface area contributed by atoms with Gasteiger partial charge < -0.3 is 14.7 Å². The van der Waals surface area contributed by atoms with Crippen molar-refractivity contribution < 1.29 is 9.32 Å². The van der Waals surface area contributed by atoms with E-state index in [4.69, 9.17) is 4.52 Å². The van der Waals surface area contributed by atoms with E-state index in [0.717, 1.165) is 68.8 Å². The van der Waals surface area contributed by atoms with Crippen molar-refractivity contribution in [2.75, 3.05) is 18.0 Å². The van der Waals surface area contributed by atoms with Crippen molar-refractivity contribution in [1.29, 1.82) is 0 Å². The Morgan fingerprint density at radius 2 is 2.04 bits per heavy atom. The molecule has 0 aromatic carbocycles. The van der Waals surface area contributed by atoms with Gasteiger partial charge in [-0.2, -0.15) is 0 Å². The van der Waals surface area contributed by atoms with Gasteiger partial charge in [-0.05, 0) is 32.1 Å². The molecular weight excluding hydrogens is 306 g/mol. The summed E-state index contributed by atoms with van der Waals surface area (Å²) in [6, 6.07) is 0.168. The lowest BCUT2D eigenvalue weighted by Gasteiger charge is -2.32. The standard InChI is InChI=1S/C17H21N5O2/c23-17(16-13-3-1-2-4-14(13)24-21-16)20-12-5-9-22(10-6-12)15-11-18-7-8-19-15/h7-8,11-12H,1-6,9-10H2,(H,20,23). The second kappa shape index (κ2) is 6.59. The van der Waals surface area contributed by atoms with Crippen LogP contribution in [0.5, 0.6) is 0 Å². The highest BCUT2D eigenvalue weighted by molar-refractivity contribution is 5.94. The van der Waals surface area contributed by atoms with Gasteiger partial charge >= 0.3 is 0 Å². The summed E-state index contributed by atoms with van der Waals surface area (Å²) < 4.78 is 5.34. The fraction of sp³-hybridized carbons (Fsp3) is 0.529. The summed E-state index contributed by atoms with van der Waals surface area (Å²) in [5.41, 5.74) is 1.50. The third-order valence-electron chi connectivity index (χ3n) is 4.87. The average molecular weight is 327 g/mol. The molecule has 3 heterocycles. The lowest BCUT2D eigenvalue weighted by Crippen LogP contribution is -2.45. The molecule has 0 spiro atoms. The van der Waals surface area contributed by atoms with E-state index in [1.807, 2.05) is 0 Å². The Bertz CT molecular complexity index is 707. The Kier molecular flexibility index (Phi) is 4.15. The Morgan fingerprint density at radius 3 is 2.83 bits per heavy atom. The molecule has 1 amide bonds. The van der Waals surface area contributed by atoms with Gasteiger partial charge in [-0.15, -0.1) is 0 Å². The Hall–Kier alpha value is -2.44. The number of nitrogens with zero attached hydrogens (tertiary/aromatic N) is 4. The van der Waals surface area contributed by atoms with Crippen molar-refractivity contribution >= 4 is 11.7 Å². The number of fused-ring (bicyclic) bond motifs is 1. The number of anilines is 1. The van der Waals surface area contributed by atoms with Crippen LogP contribution in [0.3, 0.4) is 0 Å². The first-order chi connectivity index (χ1) is 11.8. The average Bonchev–Trinajstić information content (AvgIpc) is 3.07. The molecule has 0 unspecified atom stereocenters. The number of amides is 1. The molecule has 0 radical (unpaired) electrons. The number of nitrogens with one attached hydrogen (secondary N) is 1. The summed E-state index contributed by atoms with van der Waals surface area (Å²) in [7, 11) is 0. The molecule has 1 saturated heterocycles. The van der Waals surface area contributed by atoms with Crippen LogP contribution in [0, 0.1) is 0 Å². The molecule has 2 aromatic heterocycles. The summed E-state index contributed by atoms with van der Waals surface area (Å²) in [6.45, 7) is 1.72. The van der Waals surface area contributed by atoms with Crippen molar-refractivity contribution in [3.8, 4) is 0 Å². The van der Waals surface area contributed by atoms with Crippen molar-refractivity contribution in [2.45, 2.75) is 44.6 Å². The van der Waals surface area contributed by atoms with E-state index in [9.17, 15) is 4.79 Å². The van der Waals surface area contributed by atoms with Gasteiger partial charge in [-0.3, -0.25) is 9.78 Å². The van der Waals surface area contributed by atoms with Gasteiger partial charge in [0, 0.05) is 43.5 Å². The number of aromatic nitrogens is 3. The zero-order valence-corrected chi connectivity index (χ0v) is 13.6. The van der Waals surface area contributed by atoms with Gasteiger partial charge in [0.1, 0.15) is 11.6 Å². The van der Waals surface area contributed by atoms with E-state index in [-0.39, 0.29) is 11.9 Å². The number of hydrogen-bond acceptors (Lipinski definition) is 6. The predicted molar refractivity (Wildman–Crippen MR) is 87.9 cm³/mol. The molecule has 126 valence electrons. The van der Waals surface area contributed by atoms with Gasteiger partial charge in [0.15, 0.2) is 5.69 Å². The van der Waals surface area contributed by atoms with Gasteiger partial charge in [0.2, 0.25) is 0 Å². The van der Waals surface area contributed by atoms with Crippen molar-refractivity contribution in [3.05, 3.63) is 35.6 Å². The molecule has 7 heteroatoms. The fourth-order valence-corrected chi connectivity index (χ4v) is 3.52. The van der Waals surface area contributed by atoms with Gasteiger partial charge in [0.05, 0.1) is 6.20 Å². The predicted octanol–water partition coefficient (Wildman–Crippen LogP) is 1.74. The lowest BCUT2D eigenvalue weighted by molar-refractivity contribution is 0.0921. The molecule has 24 heavy (non-hydrogen) atoms. The molecule has 0 bridgehead atoms. The molecule has 7 nitrogen and oxygen atoms in total. The van der Waals surface area contributed by atoms with Gasteiger partial charge in [-0.1, -0.05) is 5.16 Å². The first-order valence-electron chi connectivity index (χ1n) is 8.60. The Labute approximate surface area is 140 Å². The number of rotatable bonds is 3. The van der Waals surface area contributed by atoms with E-state index in [0.29, 0.717) is 5.69 Å². The Balaban J connectivity index is 1.35. The van der Waals surface area contributed by atoms with Crippen LogP contribution in [0.15, 0.2) is 23.1 Å². The molecule has 0 saturated carbocycles. The van der Waals surface area contributed by atoms with Crippen LogP contribution in [0.2, 0.25) is 0 Å². The van der Waals surface area contributed by atoms with Crippen molar-refractivity contribution in [1.82, 2.24) is 20.4 Å². The van der Waals surface area contributed by atoms with E-state index in [1.54, 1.807) is 18.6 Å². The first kappa shape index (κ1) is 15.1. The number of carbonyl (C=O) groups excluding carboxylic acids is 1. The minimum atomic E-state index is -0.0974. The molecule has 2 aromatic rings. The highest BCUT2D eigenvalue weighted by atomic mass is 16.5. The fourth-order valence-electron chi connectivity index (χ4n) is 3.52. The quantitative estimate of drug-likeness (QED) is 0.924. The van der Waals surface area contributed by atoms with Crippen LogP contribution < -0.4 is 10.2 Å². The van der Waals surface area contributed by atoms with Crippen LogP contribution in [-0.2, 0) is 12.8 Å². The summed E-state index contributed by atoms with van der Waals surface area (Å²) in [5, 5.41) is 7.13. The largest absolute Gasteiger partial charge is 0.360 e. The molecule has 1 N–H and O–H groups in total. The third-order valence-corrected chi connectivity index (χ3v) is 4.87. The number of carbonyl (C=O) groups is 1. The van der Waals surface area contributed by atoms with Crippen LogP contribution in [-0.4, -0.2) is 40.2 Å². The van der Waals surface area contributed by atoms with Crippen LogP contribution in [0.25, 0.3) is 0 Å². The van der Waals surface area contributed by atoms with Crippen molar-refractivity contribution in [3.63, 3.8) is 0 Å². The summed E-state index contributed by atoms with van der Waals surface area (Å²) >= 11 is 0. The summed E-state index contributed by atoms with van der Waals surface area (Å²) in [4.78, 5) is 23.2. The third kappa shape index (κ3) is 2.98. The molecule has 1 aliphatic carbocycles. The monoisotopic (exact) mass is 327 g/mol. The van der Waals surface area contributed by atoms with Gasteiger partial charge in [-0.25, -0.2) is 4.98 Å². The normalized spacial score (nSPS) is 18.2. The highest BCUT2D eigenvalue weighted by Gasteiger charge is 2.27. The number of piperidine rings is 1. The second-order valence-electron chi connectivity index (χ2n) is 6.44. The highest BCUT2D eigenvalue weighted by Crippen LogP contribution is 2.24. The van der Waals surface area contributed by atoms with E-state index in [2.05, 4.69) is 25.3 Å². The van der Waals surface area contributed by atoms with Crippen molar-refractivity contribution in [2.24, 2.45) is 0 Å². The zero-order chi connectivity index (χ0) is 16.4. The molecule has 4 rings (SSSR count). The van der Waals surface area contributed by atoms with E-state index >= 15 is 0 Å². The smallest absolute Gasteiger partial charge is 0.273 e.